The van der Waals surface area contributed by atoms with Gasteiger partial charge in [0.1, 0.15) is 0 Å². The topological polar surface area (TPSA) is 12.0 Å². The predicted molar refractivity (Wildman–Crippen MR) is 55.5 cm³/mol. The first kappa shape index (κ1) is 7.69. The van der Waals surface area contributed by atoms with Crippen LogP contribution in [0, 0.1) is 0 Å². The van der Waals surface area contributed by atoms with Gasteiger partial charge >= 0.3 is 0 Å². The molecule has 13 heavy (non-hydrogen) atoms. The van der Waals surface area contributed by atoms with Gasteiger partial charge in [0.15, 0.2) is 0 Å². The third-order valence-electron chi connectivity index (χ3n) is 3.27. The van der Waals surface area contributed by atoms with Crippen LogP contribution < -0.4 is 5.32 Å². The molecule has 2 atom stereocenters. The smallest absolute Gasteiger partial charge is 0.0426 e. The van der Waals surface area contributed by atoms with E-state index in [1.165, 1.54) is 30.5 Å². The van der Waals surface area contributed by atoms with Crippen LogP contribution in [0.15, 0.2) is 18.2 Å². The van der Waals surface area contributed by atoms with Crippen LogP contribution in [0.2, 0.25) is 5.02 Å². The van der Waals surface area contributed by atoms with Gasteiger partial charge in [-0.3, -0.25) is 0 Å². The first-order chi connectivity index (χ1) is 6.34. The Labute approximate surface area is 83.1 Å². The molecule has 1 aliphatic heterocycles. The summed E-state index contributed by atoms with van der Waals surface area (Å²) >= 11 is 5.94. The number of nitrogens with one attached hydrogen (secondary N) is 1. The number of fused-ring (bicyclic) bond motifs is 3. The van der Waals surface area contributed by atoms with E-state index < -0.39 is 0 Å². The highest BCUT2D eigenvalue weighted by Crippen LogP contribution is 2.45. The largest absolute Gasteiger partial charge is 0.381 e. The second-order valence-corrected chi connectivity index (χ2v) is 4.46. The first-order valence-electron chi connectivity index (χ1n) is 4.90. The van der Waals surface area contributed by atoms with Crippen molar-refractivity contribution >= 4 is 17.3 Å². The molecule has 1 aromatic rings. The zero-order chi connectivity index (χ0) is 8.84. The quantitative estimate of drug-likeness (QED) is 0.666. The lowest BCUT2D eigenvalue weighted by atomic mass is 9.98. The second-order valence-electron chi connectivity index (χ2n) is 4.02. The van der Waals surface area contributed by atoms with Crippen molar-refractivity contribution in [2.45, 2.75) is 31.2 Å². The molecule has 0 saturated heterocycles. The zero-order valence-corrected chi connectivity index (χ0v) is 8.14. The molecular formula is C11H12ClN. The van der Waals surface area contributed by atoms with Crippen LogP contribution >= 0.6 is 11.6 Å². The van der Waals surface area contributed by atoms with Gasteiger partial charge in [-0.15, -0.1) is 0 Å². The Morgan fingerprint density at radius 3 is 3.15 bits per heavy atom. The van der Waals surface area contributed by atoms with E-state index in [1.54, 1.807) is 0 Å². The molecule has 2 aliphatic rings. The summed E-state index contributed by atoms with van der Waals surface area (Å²) in [5.41, 5.74) is 2.74. The Hall–Kier alpha value is -0.690. The molecule has 1 saturated carbocycles. The molecule has 1 N–H and O–H groups in total. The van der Waals surface area contributed by atoms with E-state index in [0.29, 0.717) is 6.04 Å². The molecule has 0 radical (unpaired) electrons. The van der Waals surface area contributed by atoms with E-state index in [-0.39, 0.29) is 0 Å². The molecule has 1 aliphatic carbocycles. The van der Waals surface area contributed by atoms with E-state index in [2.05, 4.69) is 17.4 Å². The fourth-order valence-electron chi connectivity index (χ4n) is 2.68. The van der Waals surface area contributed by atoms with Crippen molar-refractivity contribution in [3.05, 3.63) is 28.8 Å². The lowest BCUT2D eigenvalue weighted by Gasteiger charge is -2.07. The Balaban J connectivity index is 2.08. The van der Waals surface area contributed by atoms with Gasteiger partial charge in [-0.1, -0.05) is 24.1 Å². The number of anilines is 1. The Morgan fingerprint density at radius 2 is 2.23 bits per heavy atom. The fraction of sp³-hybridized carbons (Fsp3) is 0.455. The molecule has 1 fully saturated rings. The summed E-state index contributed by atoms with van der Waals surface area (Å²) in [4.78, 5) is 0. The van der Waals surface area contributed by atoms with Crippen LogP contribution in [0.4, 0.5) is 5.69 Å². The molecule has 2 heteroatoms. The van der Waals surface area contributed by atoms with Crippen LogP contribution in [0.25, 0.3) is 0 Å². The van der Waals surface area contributed by atoms with Crippen LogP contribution in [-0.4, -0.2) is 6.04 Å². The van der Waals surface area contributed by atoms with Crippen molar-refractivity contribution in [2.75, 3.05) is 5.32 Å². The first-order valence-corrected chi connectivity index (χ1v) is 5.28. The minimum absolute atomic E-state index is 0.688. The molecule has 3 rings (SSSR count). The van der Waals surface area contributed by atoms with E-state index in [9.17, 15) is 0 Å². The van der Waals surface area contributed by atoms with Crippen molar-refractivity contribution in [3.8, 4) is 0 Å². The van der Waals surface area contributed by atoms with E-state index >= 15 is 0 Å². The van der Waals surface area contributed by atoms with Crippen molar-refractivity contribution in [2.24, 2.45) is 0 Å². The summed E-state index contributed by atoms with van der Waals surface area (Å²) in [5, 5.41) is 4.39. The van der Waals surface area contributed by atoms with Gasteiger partial charge in [-0.25, -0.2) is 0 Å². The van der Waals surface area contributed by atoms with Crippen molar-refractivity contribution in [1.29, 1.82) is 0 Å². The average Bonchev–Trinajstić information content (AvgIpc) is 2.62. The molecule has 0 aromatic heterocycles. The Morgan fingerprint density at radius 1 is 1.31 bits per heavy atom. The molecule has 0 spiro atoms. The van der Waals surface area contributed by atoms with Crippen molar-refractivity contribution < 1.29 is 0 Å². The normalized spacial score (nSPS) is 29.6. The van der Waals surface area contributed by atoms with E-state index in [0.717, 1.165) is 10.9 Å². The zero-order valence-electron chi connectivity index (χ0n) is 7.39. The number of hydrogen-bond acceptors (Lipinski definition) is 1. The molecule has 0 amide bonds. The summed E-state index contributed by atoms with van der Waals surface area (Å²) in [6.07, 6.45) is 4.02. The summed E-state index contributed by atoms with van der Waals surface area (Å²) < 4.78 is 0. The number of benzene rings is 1. The van der Waals surface area contributed by atoms with Gasteiger partial charge in [-0.2, -0.15) is 0 Å². The average molecular weight is 194 g/mol. The SMILES string of the molecule is Clc1ccc2c(c1)NC1CCCC21. The molecule has 2 unspecified atom stereocenters. The molecular weight excluding hydrogens is 182 g/mol. The Kier molecular flexibility index (Phi) is 1.57. The summed E-state index contributed by atoms with van der Waals surface area (Å²) in [6, 6.07) is 6.92. The second kappa shape index (κ2) is 2.65. The Bertz CT molecular complexity index is 348. The maximum absolute atomic E-state index is 5.94. The highest BCUT2D eigenvalue weighted by Gasteiger charge is 2.35. The lowest BCUT2D eigenvalue weighted by molar-refractivity contribution is 0.689. The summed E-state index contributed by atoms with van der Waals surface area (Å²) in [6.45, 7) is 0. The van der Waals surface area contributed by atoms with E-state index in [1.807, 2.05) is 6.07 Å². The molecule has 1 nitrogen and oxygen atoms in total. The van der Waals surface area contributed by atoms with Crippen LogP contribution in [0.1, 0.15) is 30.7 Å². The third kappa shape index (κ3) is 1.07. The van der Waals surface area contributed by atoms with Crippen LogP contribution in [0.5, 0.6) is 0 Å². The van der Waals surface area contributed by atoms with Crippen molar-refractivity contribution in [3.63, 3.8) is 0 Å². The maximum Gasteiger partial charge on any atom is 0.0426 e. The number of hydrogen-bond donors (Lipinski definition) is 1. The molecule has 68 valence electrons. The van der Waals surface area contributed by atoms with Gasteiger partial charge in [0, 0.05) is 22.7 Å². The number of halogens is 1. The van der Waals surface area contributed by atoms with Gasteiger partial charge in [0.25, 0.3) is 0 Å². The van der Waals surface area contributed by atoms with Gasteiger partial charge in [0.2, 0.25) is 0 Å². The summed E-state index contributed by atoms with van der Waals surface area (Å²) in [5.74, 6) is 0.757. The van der Waals surface area contributed by atoms with Crippen LogP contribution in [0.3, 0.4) is 0 Å². The molecule has 1 heterocycles. The maximum atomic E-state index is 5.94. The number of rotatable bonds is 0. The highest BCUT2D eigenvalue weighted by molar-refractivity contribution is 6.30. The minimum atomic E-state index is 0.688. The van der Waals surface area contributed by atoms with Crippen molar-refractivity contribution in [1.82, 2.24) is 0 Å². The summed E-state index contributed by atoms with van der Waals surface area (Å²) in [7, 11) is 0. The third-order valence-corrected chi connectivity index (χ3v) is 3.51. The standard InChI is InChI=1S/C11H12ClN/c12-7-4-5-9-8-2-1-3-10(8)13-11(9)6-7/h4-6,8,10,13H,1-3H2. The van der Waals surface area contributed by atoms with E-state index in [4.69, 9.17) is 11.6 Å². The van der Waals surface area contributed by atoms with Gasteiger partial charge < -0.3 is 5.32 Å². The minimum Gasteiger partial charge on any atom is -0.381 e. The predicted octanol–water partition coefficient (Wildman–Crippen LogP) is 3.40. The highest BCUT2D eigenvalue weighted by atomic mass is 35.5. The fourth-order valence-corrected chi connectivity index (χ4v) is 2.85. The van der Waals surface area contributed by atoms with Gasteiger partial charge in [0.05, 0.1) is 0 Å². The molecule has 1 aromatic carbocycles. The lowest BCUT2D eigenvalue weighted by Crippen LogP contribution is -2.13. The molecule has 0 bridgehead atoms. The van der Waals surface area contributed by atoms with Gasteiger partial charge in [-0.05, 0) is 30.5 Å². The van der Waals surface area contributed by atoms with Crippen LogP contribution in [-0.2, 0) is 0 Å². The monoisotopic (exact) mass is 193 g/mol.